The van der Waals surface area contributed by atoms with Crippen molar-refractivity contribution >= 4 is 23.2 Å². The van der Waals surface area contributed by atoms with E-state index in [0.717, 1.165) is 48.6 Å². The normalized spacial score (nSPS) is 16.4. The van der Waals surface area contributed by atoms with Gasteiger partial charge in [-0.3, -0.25) is 14.5 Å². The van der Waals surface area contributed by atoms with Crippen molar-refractivity contribution in [3.63, 3.8) is 0 Å². The van der Waals surface area contributed by atoms with Crippen molar-refractivity contribution in [2.24, 2.45) is 5.92 Å². The maximum absolute atomic E-state index is 13.3. The van der Waals surface area contributed by atoms with Crippen molar-refractivity contribution in [1.82, 2.24) is 14.7 Å². The first-order chi connectivity index (χ1) is 15.9. The molecule has 1 saturated heterocycles. The summed E-state index contributed by atoms with van der Waals surface area (Å²) in [5.74, 6) is 0.935. The molecule has 8 heteroatoms. The van der Waals surface area contributed by atoms with Crippen LogP contribution in [0.4, 0.5) is 11.5 Å². The summed E-state index contributed by atoms with van der Waals surface area (Å²) < 4.78 is 6.78. The number of nitrogens with zero attached hydrogens (tertiary/aromatic N) is 3. The van der Waals surface area contributed by atoms with Gasteiger partial charge < -0.3 is 15.8 Å². The van der Waals surface area contributed by atoms with Gasteiger partial charge in [-0.05, 0) is 61.3 Å². The summed E-state index contributed by atoms with van der Waals surface area (Å²) in [4.78, 5) is 26.8. The zero-order valence-corrected chi connectivity index (χ0v) is 19.0. The van der Waals surface area contributed by atoms with Crippen molar-refractivity contribution in [2.75, 3.05) is 31.2 Å². The van der Waals surface area contributed by atoms with Crippen LogP contribution in [0, 0.1) is 5.92 Å². The molecule has 0 aliphatic carbocycles. The SMILES string of the molecule is COc1ccc(-n2ncc(C(=O)C3CCCN(Cc4ccc(NC(C)=O)cc4)C3)c2N)cc1. The minimum atomic E-state index is -0.117. The Labute approximate surface area is 193 Å². The fourth-order valence-electron chi connectivity index (χ4n) is 4.26. The van der Waals surface area contributed by atoms with E-state index in [0.29, 0.717) is 17.9 Å². The van der Waals surface area contributed by atoms with Gasteiger partial charge in [0.25, 0.3) is 0 Å². The Balaban J connectivity index is 1.42. The quantitative estimate of drug-likeness (QED) is 0.538. The van der Waals surface area contributed by atoms with Crippen LogP contribution in [0.5, 0.6) is 5.75 Å². The van der Waals surface area contributed by atoms with Crippen molar-refractivity contribution in [3.8, 4) is 11.4 Å². The lowest BCUT2D eigenvalue weighted by atomic mass is 9.90. The molecule has 2 aromatic carbocycles. The summed E-state index contributed by atoms with van der Waals surface area (Å²) >= 11 is 0. The van der Waals surface area contributed by atoms with Crippen LogP contribution >= 0.6 is 0 Å². The van der Waals surface area contributed by atoms with Crippen LogP contribution < -0.4 is 15.8 Å². The molecular formula is C25H29N5O3. The van der Waals surface area contributed by atoms with E-state index in [-0.39, 0.29) is 17.6 Å². The van der Waals surface area contributed by atoms with E-state index in [1.165, 1.54) is 6.92 Å². The number of rotatable bonds is 7. The van der Waals surface area contributed by atoms with Gasteiger partial charge in [0.15, 0.2) is 5.78 Å². The van der Waals surface area contributed by atoms with E-state index in [4.69, 9.17) is 10.5 Å². The monoisotopic (exact) mass is 447 g/mol. The number of nitrogens with one attached hydrogen (secondary N) is 1. The first-order valence-corrected chi connectivity index (χ1v) is 11.1. The molecule has 4 rings (SSSR count). The molecule has 1 aliphatic heterocycles. The van der Waals surface area contributed by atoms with Crippen LogP contribution in [-0.2, 0) is 11.3 Å². The standard InChI is InChI=1S/C25H29N5O3/c1-17(31)28-20-7-5-18(6-8-20)15-29-13-3-4-19(16-29)24(32)23-14-27-30(25(23)26)21-9-11-22(33-2)12-10-21/h5-12,14,19H,3-4,13,15-16,26H2,1-2H3,(H,28,31). The lowest BCUT2D eigenvalue weighted by molar-refractivity contribution is -0.114. The molecule has 1 amide bonds. The Morgan fingerprint density at radius 2 is 1.88 bits per heavy atom. The first kappa shape index (κ1) is 22.5. The Kier molecular flexibility index (Phi) is 6.74. The van der Waals surface area contributed by atoms with Crippen molar-refractivity contribution in [1.29, 1.82) is 0 Å². The van der Waals surface area contributed by atoms with E-state index in [1.54, 1.807) is 18.0 Å². The molecule has 0 radical (unpaired) electrons. The molecule has 0 spiro atoms. The van der Waals surface area contributed by atoms with Crippen molar-refractivity contribution < 1.29 is 14.3 Å². The molecule has 1 fully saturated rings. The van der Waals surface area contributed by atoms with Crippen LogP contribution in [0.2, 0.25) is 0 Å². The fourth-order valence-corrected chi connectivity index (χ4v) is 4.26. The second-order valence-electron chi connectivity index (χ2n) is 8.37. The van der Waals surface area contributed by atoms with Crippen molar-refractivity contribution in [2.45, 2.75) is 26.3 Å². The molecule has 1 aromatic heterocycles. The molecule has 2 heterocycles. The predicted molar refractivity (Wildman–Crippen MR) is 128 cm³/mol. The molecule has 3 aromatic rings. The minimum absolute atomic E-state index is 0.0398. The number of Topliss-reactive ketones (excluding diaryl/α,β-unsaturated/α-hetero) is 1. The van der Waals surface area contributed by atoms with E-state index in [1.807, 2.05) is 48.5 Å². The second-order valence-corrected chi connectivity index (χ2v) is 8.37. The van der Waals surface area contributed by atoms with Gasteiger partial charge >= 0.3 is 0 Å². The third-order valence-electron chi connectivity index (χ3n) is 5.95. The number of benzene rings is 2. The van der Waals surface area contributed by atoms with Crippen LogP contribution in [0.15, 0.2) is 54.7 Å². The molecule has 1 unspecified atom stereocenters. The van der Waals surface area contributed by atoms with Crippen LogP contribution in [0.25, 0.3) is 5.69 Å². The molecule has 0 bridgehead atoms. The highest BCUT2D eigenvalue weighted by atomic mass is 16.5. The molecule has 172 valence electrons. The summed E-state index contributed by atoms with van der Waals surface area (Å²) in [7, 11) is 1.61. The number of carbonyl (C=O) groups excluding carboxylic acids is 2. The van der Waals surface area contributed by atoms with Gasteiger partial charge in [0.2, 0.25) is 5.91 Å². The van der Waals surface area contributed by atoms with E-state index >= 15 is 0 Å². The number of hydrogen-bond acceptors (Lipinski definition) is 6. The molecule has 0 saturated carbocycles. The Morgan fingerprint density at radius 1 is 1.15 bits per heavy atom. The number of piperidine rings is 1. The van der Waals surface area contributed by atoms with Gasteiger partial charge in [-0.15, -0.1) is 0 Å². The minimum Gasteiger partial charge on any atom is -0.497 e. The Hall–Kier alpha value is -3.65. The molecule has 3 N–H and O–H groups in total. The maximum atomic E-state index is 13.3. The van der Waals surface area contributed by atoms with E-state index in [2.05, 4.69) is 15.3 Å². The largest absolute Gasteiger partial charge is 0.497 e. The number of ketones is 1. The summed E-state index contributed by atoms with van der Waals surface area (Å²) in [6.07, 6.45) is 3.36. The number of methoxy groups -OCH3 is 1. The number of amides is 1. The summed E-state index contributed by atoms with van der Waals surface area (Å²) in [6, 6.07) is 15.2. The lowest BCUT2D eigenvalue weighted by Gasteiger charge is -2.32. The number of ether oxygens (including phenoxy) is 1. The topological polar surface area (TPSA) is 102 Å². The molecule has 1 aliphatic rings. The van der Waals surface area contributed by atoms with E-state index < -0.39 is 0 Å². The van der Waals surface area contributed by atoms with Crippen LogP contribution in [-0.4, -0.2) is 46.6 Å². The second kappa shape index (κ2) is 9.87. The molecule has 33 heavy (non-hydrogen) atoms. The van der Waals surface area contributed by atoms with Crippen LogP contribution in [0.1, 0.15) is 35.7 Å². The number of anilines is 2. The van der Waals surface area contributed by atoms with Gasteiger partial charge in [-0.2, -0.15) is 5.10 Å². The van der Waals surface area contributed by atoms with E-state index in [9.17, 15) is 9.59 Å². The van der Waals surface area contributed by atoms with Gasteiger partial charge in [0.05, 0.1) is 24.6 Å². The summed E-state index contributed by atoms with van der Waals surface area (Å²) in [6.45, 7) is 3.87. The predicted octanol–water partition coefficient (Wildman–Crippen LogP) is 3.52. The van der Waals surface area contributed by atoms with Crippen LogP contribution in [0.3, 0.4) is 0 Å². The zero-order valence-electron chi connectivity index (χ0n) is 19.0. The number of nitrogen functional groups attached to an aromatic ring is 1. The fraction of sp³-hybridized carbons (Fsp3) is 0.320. The summed E-state index contributed by atoms with van der Waals surface area (Å²) in [5.41, 5.74) is 9.50. The highest BCUT2D eigenvalue weighted by Crippen LogP contribution is 2.27. The third-order valence-corrected chi connectivity index (χ3v) is 5.95. The van der Waals surface area contributed by atoms with Gasteiger partial charge in [0.1, 0.15) is 11.6 Å². The molecular weight excluding hydrogens is 418 g/mol. The average molecular weight is 448 g/mol. The maximum Gasteiger partial charge on any atom is 0.221 e. The average Bonchev–Trinajstić information content (AvgIpc) is 3.21. The highest BCUT2D eigenvalue weighted by Gasteiger charge is 2.29. The Bertz CT molecular complexity index is 1120. The molecule has 8 nitrogen and oxygen atoms in total. The third kappa shape index (κ3) is 5.23. The Morgan fingerprint density at radius 3 is 2.55 bits per heavy atom. The van der Waals surface area contributed by atoms with Gasteiger partial charge in [-0.25, -0.2) is 4.68 Å². The highest BCUT2D eigenvalue weighted by molar-refractivity contribution is 6.01. The van der Waals surface area contributed by atoms with Gasteiger partial charge in [-0.1, -0.05) is 12.1 Å². The number of aromatic nitrogens is 2. The smallest absolute Gasteiger partial charge is 0.221 e. The lowest BCUT2D eigenvalue weighted by Crippen LogP contribution is -2.38. The van der Waals surface area contributed by atoms with Gasteiger partial charge in [0, 0.05) is 31.6 Å². The summed E-state index contributed by atoms with van der Waals surface area (Å²) in [5, 5.41) is 7.14. The number of likely N-dealkylation sites (tertiary alicyclic amines) is 1. The molecule has 1 atom stereocenters. The zero-order chi connectivity index (χ0) is 23.4. The number of nitrogens with two attached hydrogens (primary N) is 1. The number of hydrogen-bond donors (Lipinski definition) is 2. The van der Waals surface area contributed by atoms with Crippen molar-refractivity contribution in [3.05, 3.63) is 65.9 Å². The first-order valence-electron chi connectivity index (χ1n) is 11.1. The number of carbonyl (C=O) groups is 2.